The number of hydrogen-bond acceptors (Lipinski definition) is 26. The summed E-state index contributed by atoms with van der Waals surface area (Å²) >= 11 is 0. The van der Waals surface area contributed by atoms with Crippen molar-refractivity contribution in [1.29, 1.82) is 0 Å². The van der Waals surface area contributed by atoms with Gasteiger partial charge < -0.3 is 105 Å². The first-order valence-corrected chi connectivity index (χ1v) is 18.4. The Morgan fingerprint density at radius 2 is 0.716 bits per heavy atom. The van der Waals surface area contributed by atoms with Gasteiger partial charge in [0.1, 0.15) is 18.8 Å². The van der Waals surface area contributed by atoms with Crippen molar-refractivity contribution in [3.05, 3.63) is 88.5 Å². The lowest BCUT2D eigenvalue weighted by molar-refractivity contribution is -0.283. The molecule has 5 atom stereocenters. The number of hydrogen-bond donors (Lipinski definition) is 15. The first-order valence-electron chi connectivity index (χ1n) is 18.4. The van der Waals surface area contributed by atoms with E-state index in [0.717, 1.165) is 0 Å². The van der Waals surface area contributed by atoms with Crippen molar-refractivity contribution in [3.8, 4) is 86.2 Å². The van der Waals surface area contributed by atoms with Crippen LogP contribution in [0.2, 0.25) is 0 Å². The summed E-state index contributed by atoms with van der Waals surface area (Å²) in [5.74, 6) is -23.6. The molecule has 1 saturated heterocycles. The third-order valence-corrected chi connectivity index (χ3v) is 9.42. The van der Waals surface area contributed by atoms with Gasteiger partial charge in [-0.25, -0.2) is 24.0 Å². The number of phenolic OH excluding ortho intramolecular Hbond substituents is 14. The van der Waals surface area contributed by atoms with Gasteiger partial charge in [-0.05, 0) is 60.7 Å². The van der Waals surface area contributed by atoms with Crippen molar-refractivity contribution in [3.63, 3.8) is 0 Å². The second-order valence-corrected chi connectivity index (χ2v) is 14.0. The molecule has 0 radical (unpaired) electrons. The number of esters is 5. The summed E-state index contributed by atoms with van der Waals surface area (Å²) in [7, 11) is 0. The Balaban J connectivity index is 1.40. The van der Waals surface area contributed by atoms with Gasteiger partial charge in [-0.1, -0.05) is 0 Å². The highest BCUT2D eigenvalue weighted by Crippen LogP contribution is 2.42. The number of carbonyl (C=O) groups excluding carboxylic acids is 5. The summed E-state index contributed by atoms with van der Waals surface area (Å²) in [5.41, 5.74) is -3.62. The van der Waals surface area contributed by atoms with E-state index in [0.29, 0.717) is 60.7 Å². The van der Waals surface area contributed by atoms with Crippen LogP contribution >= 0.6 is 0 Å². The van der Waals surface area contributed by atoms with Crippen molar-refractivity contribution in [2.75, 3.05) is 6.61 Å². The van der Waals surface area contributed by atoms with E-state index in [4.69, 9.17) is 28.4 Å². The molecule has 0 saturated carbocycles. The Hall–Kier alpha value is -9.43. The molecule has 0 spiro atoms. The van der Waals surface area contributed by atoms with E-state index in [-0.39, 0.29) is 0 Å². The zero-order chi connectivity index (χ0) is 49.3. The largest absolute Gasteiger partial charge is 0.504 e. The number of carbonyl (C=O) groups is 5. The zero-order valence-corrected chi connectivity index (χ0v) is 33.1. The van der Waals surface area contributed by atoms with Crippen molar-refractivity contribution in [1.82, 2.24) is 0 Å². The fourth-order valence-corrected chi connectivity index (χ4v) is 6.02. The van der Waals surface area contributed by atoms with Gasteiger partial charge in [0.05, 0.1) is 27.8 Å². The first kappa shape index (κ1) is 47.1. The lowest BCUT2D eigenvalue weighted by atomic mass is 9.98. The van der Waals surface area contributed by atoms with Crippen LogP contribution in [0, 0.1) is 0 Å². The molecule has 1 heterocycles. The number of ether oxygens (including phenoxy) is 6. The molecule has 0 amide bonds. The summed E-state index contributed by atoms with van der Waals surface area (Å²) in [4.78, 5) is 66.9. The molecule has 1 aliphatic heterocycles. The van der Waals surface area contributed by atoms with Gasteiger partial charge in [-0.3, -0.25) is 0 Å². The highest BCUT2D eigenvalue weighted by Gasteiger charge is 2.52. The maximum Gasteiger partial charge on any atom is 0.343 e. The number of aliphatic hydroxyl groups excluding tert-OH is 1. The second-order valence-electron chi connectivity index (χ2n) is 14.0. The third kappa shape index (κ3) is 9.73. The molecular weight excluding hydrogens is 908 g/mol. The molecule has 0 unspecified atom stereocenters. The Morgan fingerprint density at radius 1 is 0.403 bits per heavy atom. The average Bonchev–Trinajstić information content (AvgIpc) is 3.27. The fourth-order valence-electron chi connectivity index (χ4n) is 6.02. The van der Waals surface area contributed by atoms with E-state index >= 15 is 0 Å². The molecular formula is C41H32O26. The molecule has 15 N–H and O–H groups in total. The van der Waals surface area contributed by atoms with Crippen LogP contribution in [0.1, 0.15) is 51.8 Å². The third-order valence-electron chi connectivity index (χ3n) is 9.42. The van der Waals surface area contributed by atoms with Gasteiger partial charge in [0.25, 0.3) is 0 Å². The normalized spacial score (nSPS) is 17.7. The lowest BCUT2D eigenvalue weighted by Crippen LogP contribution is -2.62. The van der Waals surface area contributed by atoms with E-state index in [1.54, 1.807) is 0 Å². The maximum absolute atomic E-state index is 13.9. The van der Waals surface area contributed by atoms with Gasteiger partial charge in [0.15, 0.2) is 86.6 Å². The van der Waals surface area contributed by atoms with Gasteiger partial charge in [-0.15, -0.1) is 0 Å². The molecule has 67 heavy (non-hydrogen) atoms. The Morgan fingerprint density at radius 3 is 1.12 bits per heavy atom. The monoisotopic (exact) mass is 940 g/mol. The van der Waals surface area contributed by atoms with E-state index in [1.165, 1.54) is 0 Å². The smallest absolute Gasteiger partial charge is 0.343 e. The summed E-state index contributed by atoms with van der Waals surface area (Å²) < 4.78 is 32.0. The highest BCUT2D eigenvalue weighted by molar-refractivity contribution is 5.96. The standard InChI is InChI=1S/C41H32O26/c42-17-1-12(2-18(43)28(17)51)36(57)62-11-27-33(56)34(65-39(60)16-9-25(50)32(55)26(10-16)63-37(58)13-3-19(44)29(52)20(45)4-13)35(66-38(59)14-5-21(46)30(53)22(47)6-14)41(64-27)67-40(61)15-7-23(48)31(54)24(49)8-15/h1-10,27,33-35,41-56H,11H2/t27-,33-,34+,35-,41+/m1/s1. The molecule has 0 aliphatic carbocycles. The number of aromatic hydroxyl groups is 14. The Bertz CT molecular complexity index is 2740. The minimum atomic E-state index is -2.47. The maximum atomic E-state index is 13.9. The molecule has 0 aromatic heterocycles. The molecule has 352 valence electrons. The van der Waals surface area contributed by atoms with Crippen LogP contribution in [0.3, 0.4) is 0 Å². The van der Waals surface area contributed by atoms with Crippen molar-refractivity contribution in [2.24, 2.45) is 0 Å². The molecule has 1 aliphatic rings. The summed E-state index contributed by atoms with van der Waals surface area (Å²) in [6.07, 6.45) is -11.8. The van der Waals surface area contributed by atoms with Crippen molar-refractivity contribution < 1.29 is 129 Å². The SMILES string of the molecule is O=C(OC[C@H]1O[C@@H](OC(=O)c2cc(O)c(O)c(O)c2)[C@H](OC(=O)c2cc(O)c(O)c(O)c2)[C@@H](OC(=O)c2cc(O)c(O)c(OC(=O)c3cc(O)c(O)c(O)c3)c2)[C@@H]1O)c1cc(O)c(O)c(O)c1. The van der Waals surface area contributed by atoms with Crippen LogP contribution in [0.15, 0.2) is 60.7 Å². The molecule has 5 aromatic rings. The highest BCUT2D eigenvalue weighted by atomic mass is 16.7. The van der Waals surface area contributed by atoms with Crippen molar-refractivity contribution >= 4 is 29.8 Å². The molecule has 5 aromatic carbocycles. The van der Waals surface area contributed by atoms with E-state index in [2.05, 4.69) is 0 Å². The van der Waals surface area contributed by atoms with Crippen LogP contribution in [0.5, 0.6) is 86.2 Å². The molecule has 1 fully saturated rings. The number of rotatable bonds is 11. The van der Waals surface area contributed by atoms with Gasteiger partial charge in [-0.2, -0.15) is 0 Å². The van der Waals surface area contributed by atoms with Gasteiger partial charge >= 0.3 is 29.8 Å². The van der Waals surface area contributed by atoms with E-state index in [9.17, 15) is 101 Å². The predicted octanol–water partition coefficient (Wildman–Crippen LogP) is 1.34. The molecule has 0 bridgehead atoms. The van der Waals surface area contributed by atoms with Crippen LogP contribution in [-0.2, 0) is 23.7 Å². The van der Waals surface area contributed by atoms with E-state index in [1.807, 2.05) is 0 Å². The number of phenols is 14. The average molecular weight is 941 g/mol. The Labute approximate surface area is 370 Å². The van der Waals surface area contributed by atoms with E-state index < -0.39 is 181 Å². The second kappa shape index (κ2) is 18.3. The van der Waals surface area contributed by atoms with Gasteiger partial charge in [0, 0.05) is 0 Å². The quantitative estimate of drug-likeness (QED) is 0.0384. The lowest BCUT2D eigenvalue weighted by Gasteiger charge is -2.42. The number of aliphatic hydroxyl groups is 1. The van der Waals surface area contributed by atoms with Crippen LogP contribution in [0.25, 0.3) is 0 Å². The van der Waals surface area contributed by atoms with Crippen molar-refractivity contribution in [2.45, 2.75) is 30.7 Å². The first-order chi connectivity index (χ1) is 31.4. The molecule has 26 heteroatoms. The van der Waals surface area contributed by atoms with Crippen LogP contribution < -0.4 is 4.74 Å². The van der Waals surface area contributed by atoms with Gasteiger partial charge in [0.2, 0.25) is 18.1 Å². The predicted molar refractivity (Wildman–Crippen MR) is 209 cm³/mol. The summed E-state index contributed by atoms with van der Waals surface area (Å²) in [6, 6.07) is 5.92. The topological polar surface area (TPSA) is 444 Å². The van der Waals surface area contributed by atoms with Crippen LogP contribution in [-0.4, -0.2) is 144 Å². The summed E-state index contributed by atoms with van der Waals surface area (Å²) in [5, 5.41) is 151. The Kier molecular flexibility index (Phi) is 12.9. The minimum Gasteiger partial charge on any atom is -0.504 e. The summed E-state index contributed by atoms with van der Waals surface area (Å²) in [6.45, 7) is -1.14. The fraction of sp³-hybridized carbons (Fsp3) is 0.146. The molecule has 6 rings (SSSR count). The molecule has 26 nitrogen and oxygen atoms in total. The van der Waals surface area contributed by atoms with Crippen LogP contribution in [0.4, 0.5) is 0 Å². The number of benzene rings is 5. The minimum absolute atomic E-state index is 0.519. The zero-order valence-electron chi connectivity index (χ0n) is 33.1.